The van der Waals surface area contributed by atoms with E-state index in [4.69, 9.17) is 4.74 Å². The summed E-state index contributed by atoms with van der Waals surface area (Å²) in [7, 11) is 0. The van der Waals surface area contributed by atoms with Gasteiger partial charge in [0.1, 0.15) is 0 Å². The van der Waals surface area contributed by atoms with Gasteiger partial charge in [-0.15, -0.1) is 11.3 Å². The van der Waals surface area contributed by atoms with Crippen LogP contribution in [-0.4, -0.2) is 65.6 Å². The molecule has 3 heterocycles. The molecule has 0 N–H and O–H groups in total. The SMILES string of the molecule is CCC[C@H]1COC[C@H]2CN(C(=O)CCc3scnc3C)CCN12. The van der Waals surface area contributed by atoms with Crippen LogP contribution in [-0.2, 0) is 16.0 Å². The molecule has 6 heteroatoms. The highest BCUT2D eigenvalue weighted by molar-refractivity contribution is 7.09. The molecule has 3 rings (SSSR count). The smallest absolute Gasteiger partial charge is 0.223 e. The standard InChI is InChI=1S/C17H27N3O2S/c1-3-4-14-10-22-11-15-9-19(7-8-20(14)15)17(21)6-5-16-13(2)18-12-23-16/h12,14-15H,3-11H2,1-2H3/t14-,15+/m0/s1. The maximum absolute atomic E-state index is 12.5. The summed E-state index contributed by atoms with van der Waals surface area (Å²) in [4.78, 5) is 22.6. The Hall–Kier alpha value is -0.980. The van der Waals surface area contributed by atoms with Gasteiger partial charge in [-0.3, -0.25) is 9.69 Å². The van der Waals surface area contributed by atoms with Crippen molar-refractivity contribution in [3.8, 4) is 0 Å². The number of nitrogens with zero attached hydrogens (tertiary/aromatic N) is 3. The predicted molar refractivity (Wildman–Crippen MR) is 91.8 cm³/mol. The van der Waals surface area contributed by atoms with E-state index in [1.54, 1.807) is 11.3 Å². The van der Waals surface area contributed by atoms with Gasteiger partial charge in [-0.2, -0.15) is 0 Å². The molecule has 128 valence electrons. The van der Waals surface area contributed by atoms with E-state index in [1.807, 2.05) is 17.3 Å². The largest absolute Gasteiger partial charge is 0.378 e. The van der Waals surface area contributed by atoms with E-state index < -0.39 is 0 Å². The van der Waals surface area contributed by atoms with Crippen LogP contribution in [0, 0.1) is 6.92 Å². The van der Waals surface area contributed by atoms with E-state index in [9.17, 15) is 4.79 Å². The lowest BCUT2D eigenvalue weighted by atomic mass is 10.0. The predicted octanol–water partition coefficient (Wildman–Crippen LogP) is 2.10. The Morgan fingerprint density at radius 1 is 1.43 bits per heavy atom. The Labute approximate surface area is 142 Å². The van der Waals surface area contributed by atoms with Gasteiger partial charge in [0.15, 0.2) is 0 Å². The Bertz CT molecular complexity index is 532. The number of fused-ring (bicyclic) bond motifs is 1. The minimum Gasteiger partial charge on any atom is -0.378 e. The van der Waals surface area contributed by atoms with Crippen LogP contribution in [0.15, 0.2) is 5.51 Å². The first kappa shape index (κ1) is 16.9. The zero-order valence-corrected chi connectivity index (χ0v) is 15.0. The number of hydrogen-bond acceptors (Lipinski definition) is 5. The number of piperazine rings is 1. The molecule has 2 fully saturated rings. The average Bonchev–Trinajstić information content (AvgIpc) is 2.98. The fourth-order valence-electron chi connectivity index (χ4n) is 3.69. The van der Waals surface area contributed by atoms with Crippen LogP contribution >= 0.6 is 11.3 Å². The Balaban J connectivity index is 1.52. The van der Waals surface area contributed by atoms with Gasteiger partial charge in [0.2, 0.25) is 5.91 Å². The van der Waals surface area contributed by atoms with E-state index in [-0.39, 0.29) is 5.91 Å². The van der Waals surface area contributed by atoms with Crippen molar-refractivity contribution in [3.63, 3.8) is 0 Å². The van der Waals surface area contributed by atoms with Crippen LogP contribution in [0.5, 0.6) is 0 Å². The highest BCUT2D eigenvalue weighted by Crippen LogP contribution is 2.22. The summed E-state index contributed by atoms with van der Waals surface area (Å²) in [5.74, 6) is 0.273. The molecule has 1 aromatic rings. The summed E-state index contributed by atoms with van der Waals surface area (Å²) in [5, 5.41) is 0. The molecule has 1 aromatic heterocycles. The highest BCUT2D eigenvalue weighted by Gasteiger charge is 2.36. The van der Waals surface area contributed by atoms with Gasteiger partial charge in [-0.05, 0) is 19.8 Å². The molecular weight excluding hydrogens is 310 g/mol. The molecule has 0 aliphatic carbocycles. The van der Waals surface area contributed by atoms with E-state index >= 15 is 0 Å². The van der Waals surface area contributed by atoms with Crippen LogP contribution in [0.4, 0.5) is 0 Å². The molecule has 2 aliphatic heterocycles. The van der Waals surface area contributed by atoms with E-state index in [2.05, 4.69) is 16.8 Å². The van der Waals surface area contributed by atoms with Crippen molar-refractivity contribution in [2.24, 2.45) is 0 Å². The molecule has 23 heavy (non-hydrogen) atoms. The van der Waals surface area contributed by atoms with Gasteiger partial charge >= 0.3 is 0 Å². The number of aryl methyl sites for hydroxylation is 2. The Morgan fingerprint density at radius 3 is 3.04 bits per heavy atom. The van der Waals surface area contributed by atoms with Crippen molar-refractivity contribution in [1.82, 2.24) is 14.8 Å². The lowest BCUT2D eigenvalue weighted by Crippen LogP contribution is -2.62. The maximum atomic E-state index is 12.5. The minimum atomic E-state index is 0.273. The topological polar surface area (TPSA) is 45.7 Å². The third-order valence-corrected chi connectivity index (χ3v) is 6.00. The quantitative estimate of drug-likeness (QED) is 0.825. The number of thiazole rings is 1. The molecule has 2 saturated heterocycles. The summed E-state index contributed by atoms with van der Waals surface area (Å²) in [6, 6.07) is 0.916. The minimum absolute atomic E-state index is 0.273. The van der Waals surface area contributed by atoms with Crippen LogP contribution < -0.4 is 0 Å². The number of amides is 1. The van der Waals surface area contributed by atoms with Crippen LogP contribution in [0.2, 0.25) is 0 Å². The molecule has 5 nitrogen and oxygen atoms in total. The summed E-state index contributed by atoms with van der Waals surface area (Å²) >= 11 is 1.65. The summed E-state index contributed by atoms with van der Waals surface area (Å²) in [6.45, 7) is 8.52. The summed E-state index contributed by atoms with van der Waals surface area (Å²) < 4.78 is 5.78. The molecule has 0 saturated carbocycles. The fraction of sp³-hybridized carbons (Fsp3) is 0.765. The van der Waals surface area contributed by atoms with Gasteiger partial charge in [0, 0.05) is 37.0 Å². The van der Waals surface area contributed by atoms with Gasteiger partial charge in [-0.25, -0.2) is 4.98 Å². The first-order valence-electron chi connectivity index (χ1n) is 8.69. The molecule has 1 amide bonds. The van der Waals surface area contributed by atoms with Gasteiger partial charge < -0.3 is 9.64 Å². The molecule has 2 atom stereocenters. The number of aromatic nitrogens is 1. The Kier molecular flexibility index (Phi) is 5.67. The summed E-state index contributed by atoms with van der Waals surface area (Å²) in [5.41, 5.74) is 2.93. The van der Waals surface area contributed by atoms with Crippen molar-refractivity contribution < 1.29 is 9.53 Å². The van der Waals surface area contributed by atoms with Gasteiger partial charge in [-0.1, -0.05) is 13.3 Å². The van der Waals surface area contributed by atoms with Crippen molar-refractivity contribution >= 4 is 17.2 Å². The number of hydrogen-bond donors (Lipinski definition) is 0. The molecule has 0 spiro atoms. The van der Waals surface area contributed by atoms with Crippen molar-refractivity contribution in [2.45, 2.75) is 51.6 Å². The maximum Gasteiger partial charge on any atom is 0.223 e. The first-order chi connectivity index (χ1) is 11.2. The van der Waals surface area contributed by atoms with E-state index in [0.29, 0.717) is 18.5 Å². The monoisotopic (exact) mass is 337 g/mol. The zero-order valence-electron chi connectivity index (χ0n) is 14.2. The van der Waals surface area contributed by atoms with Crippen molar-refractivity contribution in [1.29, 1.82) is 0 Å². The average molecular weight is 337 g/mol. The number of carbonyl (C=O) groups is 1. The molecule has 2 aliphatic rings. The molecule has 0 bridgehead atoms. The second-order valence-corrected chi connectivity index (χ2v) is 7.51. The van der Waals surface area contributed by atoms with E-state index in [0.717, 1.165) is 45.0 Å². The van der Waals surface area contributed by atoms with Crippen LogP contribution in [0.1, 0.15) is 36.8 Å². The lowest BCUT2D eigenvalue weighted by Gasteiger charge is -2.48. The lowest BCUT2D eigenvalue weighted by molar-refractivity contribution is -0.139. The number of carbonyl (C=O) groups excluding carboxylic acids is 1. The highest BCUT2D eigenvalue weighted by atomic mass is 32.1. The van der Waals surface area contributed by atoms with Crippen molar-refractivity contribution in [2.75, 3.05) is 32.8 Å². The van der Waals surface area contributed by atoms with Crippen LogP contribution in [0.3, 0.4) is 0 Å². The number of ether oxygens (including phenoxy) is 1. The molecular formula is C17H27N3O2S. The second-order valence-electron chi connectivity index (χ2n) is 6.57. The molecule has 0 unspecified atom stereocenters. The summed E-state index contributed by atoms with van der Waals surface area (Å²) in [6.07, 6.45) is 3.79. The molecule has 0 aromatic carbocycles. The van der Waals surface area contributed by atoms with Crippen LogP contribution in [0.25, 0.3) is 0 Å². The van der Waals surface area contributed by atoms with Gasteiger partial charge in [0.05, 0.1) is 30.5 Å². The first-order valence-corrected chi connectivity index (χ1v) is 9.57. The zero-order chi connectivity index (χ0) is 16.2. The number of morpholine rings is 1. The Morgan fingerprint density at radius 2 is 2.30 bits per heavy atom. The normalized spacial score (nSPS) is 25.4. The third kappa shape index (κ3) is 3.92. The second kappa shape index (κ2) is 7.73. The number of rotatable bonds is 5. The fourth-order valence-corrected chi connectivity index (χ4v) is 4.47. The molecule has 0 radical (unpaired) electrons. The van der Waals surface area contributed by atoms with E-state index in [1.165, 1.54) is 17.7 Å². The third-order valence-electron chi connectivity index (χ3n) is 5.00. The van der Waals surface area contributed by atoms with Gasteiger partial charge in [0.25, 0.3) is 0 Å². The van der Waals surface area contributed by atoms with Crippen molar-refractivity contribution in [3.05, 3.63) is 16.1 Å².